The van der Waals surface area contributed by atoms with Crippen LogP contribution in [0.3, 0.4) is 0 Å². The van der Waals surface area contributed by atoms with E-state index in [9.17, 15) is 14.9 Å². The number of halogens is 1. The molecule has 146 valence electrons. The molecule has 0 aliphatic heterocycles. The third-order valence-corrected chi connectivity index (χ3v) is 7.54. The Morgan fingerprint density at radius 3 is 2.27 bits per heavy atom. The first-order chi connectivity index (χ1) is 12.4. The first-order valence-corrected chi connectivity index (χ1v) is 11.5. The van der Waals surface area contributed by atoms with Gasteiger partial charge in [-0.15, -0.1) is 0 Å². The monoisotopic (exact) mass is 496 g/mol. The minimum atomic E-state index is -2.72. The molecule has 0 bridgehead atoms. The molecular formula is C16H25IN2O6Si. The number of carbonyl (C=O) groups excluding carboxylic acids is 1. The van der Waals surface area contributed by atoms with Crippen molar-refractivity contribution in [2.24, 2.45) is 0 Å². The van der Waals surface area contributed by atoms with Crippen molar-refractivity contribution in [3.8, 4) is 0 Å². The summed E-state index contributed by atoms with van der Waals surface area (Å²) >= 11 is 1.99. The lowest BCUT2D eigenvalue weighted by Crippen LogP contribution is -2.46. The minimum absolute atomic E-state index is 0.106. The van der Waals surface area contributed by atoms with E-state index in [1.807, 2.05) is 43.4 Å². The predicted octanol–water partition coefficient (Wildman–Crippen LogP) is 3.37. The fraction of sp³-hybridized carbons (Fsp3) is 0.562. The van der Waals surface area contributed by atoms with E-state index in [1.54, 1.807) is 6.07 Å². The van der Waals surface area contributed by atoms with E-state index in [-0.39, 0.29) is 11.6 Å². The van der Waals surface area contributed by atoms with Gasteiger partial charge in [0.15, 0.2) is 0 Å². The summed E-state index contributed by atoms with van der Waals surface area (Å²) in [6.07, 6.45) is 0.628. The molecule has 0 unspecified atom stereocenters. The Balaban J connectivity index is 2.65. The summed E-state index contributed by atoms with van der Waals surface area (Å²) in [5.74, 6) is -0.338. The molecule has 0 saturated carbocycles. The number of hydrogen-bond acceptors (Lipinski definition) is 6. The zero-order chi connectivity index (χ0) is 19.6. The SMILES string of the molecule is CCO[Si](CCCNC(=O)c1cc([N+](=O)[O-])ccc1I)(OCC)OCC. The van der Waals surface area contributed by atoms with Crippen molar-refractivity contribution >= 4 is 43.0 Å². The first-order valence-electron chi connectivity index (χ1n) is 8.53. The van der Waals surface area contributed by atoms with Gasteiger partial charge >= 0.3 is 8.80 Å². The van der Waals surface area contributed by atoms with Crippen LogP contribution in [0.2, 0.25) is 6.04 Å². The third-order valence-electron chi connectivity index (χ3n) is 3.44. The molecule has 8 nitrogen and oxygen atoms in total. The number of nitrogens with zero attached hydrogens (tertiary/aromatic N) is 1. The number of hydrogen-bond donors (Lipinski definition) is 1. The predicted molar refractivity (Wildman–Crippen MR) is 108 cm³/mol. The van der Waals surface area contributed by atoms with Crippen LogP contribution in [0.15, 0.2) is 18.2 Å². The number of non-ortho nitro benzene ring substituents is 1. The zero-order valence-electron chi connectivity index (χ0n) is 15.2. The van der Waals surface area contributed by atoms with Crippen molar-refractivity contribution < 1.29 is 23.0 Å². The topological polar surface area (TPSA) is 99.9 Å². The lowest BCUT2D eigenvalue weighted by atomic mass is 10.2. The van der Waals surface area contributed by atoms with Crippen molar-refractivity contribution in [1.82, 2.24) is 5.32 Å². The number of nitrogens with one attached hydrogen (secondary N) is 1. The van der Waals surface area contributed by atoms with Crippen LogP contribution in [-0.2, 0) is 13.3 Å². The van der Waals surface area contributed by atoms with E-state index in [1.165, 1.54) is 12.1 Å². The normalized spacial score (nSPS) is 11.4. The molecule has 1 rings (SSSR count). The fourth-order valence-corrected chi connectivity index (χ4v) is 5.60. The molecule has 1 aromatic rings. The summed E-state index contributed by atoms with van der Waals surface area (Å²) in [5.41, 5.74) is 0.189. The van der Waals surface area contributed by atoms with Crippen LogP contribution in [0.25, 0.3) is 0 Å². The number of nitro groups is 1. The number of benzene rings is 1. The standard InChI is InChI=1S/C16H25IN2O6Si/c1-4-23-26(24-5-2,25-6-3)11-7-10-18-16(20)14-12-13(19(21)22)8-9-15(14)17/h8-9,12H,4-7,10-11H2,1-3H3,(H,18,20). The molecule has 0 spiro atoms. The fourth-order valence-electron chi connectivity index (χ4n) is 2.40. The van der Waals surface area contributed by atoms with Gasteiger partial charge in [0, 0.05) is 48.1 Å². The molecule has 0 aliphatic rings. The summed E-state index contributed by atoms with van der Waals surface area (Å²) in [7, 11) is -2.72. The van der Waals surface area contributed by atoms with E-state index in [0.717, 1.165) is 0 Å². The van der Waals surface area contributed by atoms with Gasteiger partial charge in [-0.2, -0.15) is 0 Å². The molecule has 0 atom stereocenters. The third kappa shape index (κ3) is 6.91. The van der Waals surface area contributed by atoms with Crippen molar-refractivity contribution in [2.45, 2.75) is 33.2 Å². The molecule has 0 aromatic heterocycles. The molecule has 0 radical (unpaired) electrons. The number of nitro benzene ring substituents is 1. The van der Waals surface area contributed by atoms with Crippen molar-refractivity contribution in [2.75, 3.05) is 26.4 Å². The maximum atomic E-state index is 12.3. The maximum Gasteiger partial charge on any atom is 0.500 e. The van der Waals surface area contributed by atoms with Crippen LogP contribution >= 0.6 is 22.6 Å². The average Bonchev–Trinajstić information content (AvgIpc) is 2.59. The lowest BCUT2D eigenvalue weighted by molar-refractivity contribution is -0.384. The molecule has 10 heteroatoms. The highest BCUT2D eigenvalue weighted by atomic mass is 127. The van der Waals surface area contributed by atoms with Crippen LogP contribution in [0.1, 0.15) is 37.6 Å². The summed E-state index contributed by atoms with van der Waals surface area (Å²) in [6.45, 7) is 7.60. The minimum Gasteiger partial charge on any atom is -0.374 e. The molecule has 1 aromatic carbocycles. The number of rotatable bonds is 12. The molecule has 0 heterocycles. The van der Waals surface area contributed by atoms with Gasteiger partial charge in [0.2, 0.25) is 0 Å². The van der Waals surface area contributed by atoms with E-state index < -0.39 is 13.7 Å². The highest BCUT2D eigenvalue weighted by Crippen LogP contribution is 2.20. The molecule has 0 aliphatic carbocycles. The van der Waals surface area contributed by atoms with Crippen LogP contribution in [0.4, 0.5) is 5.69 Å². The Hall–Kier alpha value is -1.08. The average molecular weight is 496 g/mol. The van der Waals surface area contributed by atoms with E-state index >= 15 is 0 Å². The van der Waals surface area contributed by atoms with Crippen molar-refractivity contribution in [3.63, 3.8) is 0 Å². The molecule has 0 saturated heterocycles. The van der Waals surface area contributed by atoms with Crippen molar-refractivity contribution in [1.29, 1.82) is 0 Å². The summed E-state index contributed by atoms with van der Waals surface area (Å²) in [6, 6.07) is 4.82. The Labute approximate surface area is 168 Å². The summed E-state index contributed by atoms with van der Waals surface area (Å²) in [4.78, 5) is 22.7. The van der Waals surface area contributed by atoms with Gasteiger partial charge < -0.3 is 18.6 Å². The second kappa shape index (κ2) is 11.6. The maximum absolute atomic E-state index is 12.3. The molecule has 1 N–H and O–H groups in total. The van der Waals surface area contributed by atoms with Gasteiger partial charge in [0.25, 0.3) is 11.6 Å². The Kier molecular flexibility index (Phi) is 10.2. The highest BCUT2D eigenvalue weighted by Gasteiger charge is 2.39. The van der Waals surface area contributed by atoms with Gasteiger partial charge in [-0.1, -0.05) is 0 Å². The largest absolute Gasteiger partial charge is 0.500 e. The van der Waals surface area contributed by atoms with Crippen LogP contribution in [0, 0.1) is 13.7 Å². The molecular weight excluding hydrogens is 471 g/mol. The van der Waals surface area contributed by atoms with Gasteiger partial charge in [0.1, 0.15) is 0 Å². The molecule has 1 amide bonds. The second-order valence-corrected chi connectivity index (χ2v) is 9.16. The van der Waals surface area contributed by atoms with Crippen LogP contribution < -0.4 is 5.32 Å². The Morgan fingerprint density at radius 2 is 1.77 bits per heavy atom. The van der Waals surface area contributed by atoms with Gasteiger partial charge in [-0.3, -0.25) is 14.9 Å². The molecule has 26 heavy (non-hydrogen) atoms. The lowest BCUT2D eigenvalue weighted by Gasteiger charge is -2.28. The zero-order valence-corrected chi connectivity index (χ0v) is 18.4. The highest BCUT2D eigenvalue weighted by molar-refractivity contribution is 14.1. The second-order valence-electron chi connectivity index (χ2n) is 5.26. The van der Waals surface area contributed by atoms with E-state index in [0.29, 0.717) is 48.0 Å². The van der Waals surface area contributed by atoms with E-state index in [4.69, 9.17) is 13.3 Å². The quantitative estimate of drug-likeness (QED) is 0.157. The van der Waals surface area contributed by atoms with Gasteiger partial charge in [-0.25, -0.2) is 0 Å². The van der Waals surface area contributed by atoms with Gasteiger partial charge in [0.05, 0.1) is 10.5 Å². The smallest absolute Gasteiger partial charge is 0.374 e. The van der Waals surface area contributed by atoms with Gasteiger partial charge in [-0.05, 0) is 55.8 Å². The van der Waals surface area contributed by atoms with E-state index in [2.05, 4.69) is 5.32 Å². The van der Waals surface area contributed by atoms with Crippen LogP contribution in [0.5, 0.6) is 0 Å². The Bertz CT molecular complexity index is 599. The number of carbonyl (C=O) groups is 1. The summed E-state index contributed by atoms with van der Waals surface area (Å²) < 4.78 is 18.0. The number of amides is 1. The van der Waals surface area contributed by atoms with Crippen molar-refractivity contribution in [3.05, 3.63) is 37.4 Å². The first kappa shape index (κ1) is 23.0. The summed E-state index contributed by atoms with van der Waals surface area (Å²) in [5, 5.41) is 13.7. The van der Waals surface area contributed by atoms with Crippen LogP contribution in [-0.4, -0.2) is 46.0 Å². The molecule has 0 fully saturated rings. The Morgan fingerprint density at radius 1 is 1.19 bits per heavy atom.